The van der Waals surface area contributed by atoms with Crippen LogP contribution in [0.25, 0.3) is 10.9 Å². The van der Waals surface area contributed by atoms with Crippen molar-refractivity contribution in [2.75, 3.05) is 13.6 Å². The highest BCUT2D eigenvalue weighted by molar-refractivity contribution is 5.89. The van der Waals surface area contributed by atoms with E-state index in [2.05, 4.69) is 54.8 Å². The van der Waals surface area contributed by atoms with Crippen molar-refractivity contribution in [1.82, 2.24) is 9.47 Å². The number of hydrogen-bond acceptors (Lipinski definition) is 4. The van der Waals surface area contributed by atoms with Crippen molar-refractivity contribution in [2.45, 2.75) is 83.6 Å². The molecule has 164 valence electrons. The molecule has 2 heterocycles. The monoisotopic (exact) mass is 412 g/mol. The number of hydrogen-bond donors (Lipinski definition) is 1. The number of ether oxygens (including phenoxy) is 1. The van der Waals surface area contributed by atoms with E-state index in [-0.39, 0.29) is 11.9 Å². The van der Waals surface area contributed by atoms with Crippen LogP contribution in [0, 0.1) is 5.92 Å². The number of aliphatic hydroxyl groups is 1. The van der Waals surface area contributed by atoms with Gasteiger partial charge in [0.1, 0.15) is 6.10 Å². The van der Waals surface area contributed by atoms with Gasteiger partial charge in [-0.15, -0.1) is 0 Å². The summed E-state index contributed by atoms with van der Waals surface area (Å²) < 4.78 is 8.05. The lowest BCUT2D eigenvalue weighted by atomic mass is 9.72. The average Bonchev–Trinajstić information content (AvgIpc) is 3.09. The van der Waals surface area contributed by atoms with Gasteiger partial charge >= 0.3 is 5.97 Å². The highest BCUT2D eigenvalue weighted by Gasteiger charge is 2.42. The molecule has 1 fully saturated rings. The van der Waals surface area contributed by atoms with Gasteiger partial charge in [0.15, 0.2) is 0 Å². The van der Waals surface area contributed by atoms with Gasteiger partial charge in [0, 0.05) is 41.6 Å². The molecule has 0 saturated carbocycles. The Balaban J connectivity index is 1.68. The van der Waals surface area contributed by atoms with Crippen LogP contribution in [-0.4, -0.2) is 52.4 Å². The van der Waals surface area contributed by atoms with Crippen molar-refractivity contribution in [2.24, 2.45) is 5.92 Å². The molecule has 1 aromatic heterocycles. The first-order valence-electron chi connectivity index (χ1n) is 11.6. The van der Waals surface area contributed by atoms with Gasteiger partial charge in [0.25, 0.3) is 0 Å². The summed E-state index contributed by atoms with van der Waals surface area (Å²) in [6.45, 7) is 8.66. The molecule has 1 saturated heterocycles. The van der Waals surface area contributed by atoms with E-state index in [4.69, 9.17) is 4.74 Å². The van der Waals surface area contributed by atoms with E-state index < -0.39 is 12.2 Å². The second-order valence-electron chi connectivity index (χ2n) is 9.41. The third-order valence-corrected chi connectivity index (χ3v) is 7.53. The number of esters is 1. The first kappa shape index (κ1) is 21.4. The standard InChI is InChI=1S/C25H36N2O3/c1-6-19(7-2)27-14-17-12-23-21(20-9-8-10-22(27)24(17)20)11-18(13-26(23)5)25(29)30-16(4)15(3)28/h8-10,14-16,18-19,21,23,28H,6-7,11-13H2,1-5H3. The minimum atomic E-state index is -0.654. The van der Waals surface area contributed by atoms with Crippen molar-refractivity contribution in [3.63, 3.8) is 0 Å². The van der Waals surface area contributed by atoms with E-state index in [1.165, 1.54) is 22.0 Å². The van der Waals surface area contributed by atoms with E-state index in [1.807, 2.05) is 0 Å². The van der Waals surface area contributed by atoms with Gasteiger partial charge in [-0.2, -0.15) is 0 Å². The minimum absolute atomic E-state index is 0.157. The summed E-state index contributed by atoms with van der Waals surface area (Å²) in [6, 6.07) is 7.64. The van der Waals surface area contributed by atoms with Gasteiger partial charge in [0.2, 0.25) is 0 Å². The van der Waals surface area contributed by atoms with E-state index in [9.17, 15) is 9.90 Å². The Morgan fingerprint density at radius 1 is 1.27 bits per heavy atom. The number of piperidine rings is 1. The number of likely N-dealkylation sites (N-methyl/N-ethyl adjacent to an activating group) is 1. The number of fused-ring (bicyclic) bond motifs is 2. The quantitative estimate of drug-likeness (QED) is 0.720. The molecule has 2 aliphatic rings. The predicted octanol–water partition coefficient (Wildman–Crippen LogP) is 4.27. The SMILES string of the molecule is CCC(CC)n1cc2c3c(cccc31)C1CC(C(=O)OC(C)C(C)O)CN(C)C1C2. The van der Waals surface area contributed by atoms with E-state index in [0.29, 0.717) is 24.5 Å². The van der Waals surface area contributed by atoms with Crippen LogP contribution < -0.4 is 0 Å². The number of rotatable bonds is 6. The summed E-state index contributed by atoms with van der Waals surface area (Å²) in [5.74, 6) is -0.00597. The lowest BCUT2D eigenvalue weighted by molar-refractivity contribution is -0.160. The molecule has 5 nitrogen and oxygen atoms in total. The van der Waals surface area contributed by atoms with Crippen LogP contribution in [-0.2, 0) is 16.0 Å². The fourth-order valence-electron chi connectivity index (χ4n) is 5.61. The Morgan fingerprint density at radius 3 is 2.67 bits per heavy atom. The summed E-state index contributed by atoms with van der Waals surface area (Å²) in [5, 5.41) is 11.1. The first-order valence-corrected chi connectivity index (χ1v) is 11.6. The second-order valence-corrected chi connectivity index (χ2v) is 9.41. The Kier molecular flexibility index (Phi) is 5.95. The fraction of sp³-hybridized carbons (Fsp3) is 0.640. The molecule has 0 amide bonds. The average molecular weight is 413 g/mol. The van der Waals surface area contributed by atoms with Crippen molar-refractivity contribution in [3.05, 3.63) is 35.5 Å². The maximum atomic E-state index is 12.8. The van der Waals surface area contributed by atoms with Crippen molar-refractivity contribution in [3.8, 4) is 0 Å². The molecule has 1 aliphatic carbocycles. The summed E-state index contributed by atoms with van der Waals surface area (Å²) >= 11 is 0. The summed E-state index contributed by atoms with van der Waals surface area (Å²) in [4.78, 5) is 15.2. The Labute approximate surface area is 180 Å². The predicted molar refractivity (Wildman–Crippen MR) is 120 cm³/mol. The number of nitrogens with zero attached hydrogens (tertiary/aromatic N) is 2. The summed E-state index contributed by atoms with van der Waals surface area (Å²) in [5.41, 5.74) is 4.17. The largest absolute Gasteiger partial charge is 0.460 e. The Morgan fingerprint density at radius 2 is 2.00 bits per heavy atom. The molecule has 30 heavy (non-hydrogen) atoms. The zero-order valence-electron chi connectivity index (χ0n) is 19.0. The van der Waals surface area contributed by atoms with Crippen LogP contribution in [0.2, 0.25) is 0 Å². The van der Waals surface area contributed by atoms with E-state index >= 15 is 0 Å². The zero-order valence-corrected chi connectivity index (χ0v) is 19.0. The number of benzene rings is 1. The Bertz CT molecular complexity index is 914. The van der Waals surface area contributed by atoms with Crippen molar-refractivity contribution < 1.29 is 14.6 Å². The lowest BCUT2D eigenvalue weighted by Crippen LogP contribution is -2.50. The normalized spacial score (nSPS) is 25.9. The lowest BCUT2D eigenvalue weighted by Gasteiger charge is -2.45. The molecular weight excluding hydrogens is 376 g/mol. The summed E-state index contributed by atoms with van der Waals surface area (Å²) in [6.07, 6.45) is 5.37. The highest BCUT2D eigenvalue weighted by atomic mass is 16.6. The van der Waals surface area contributed by atoms with Gasteiger partial charge in [-0.25, -0.2) is 0 Å². The number of likely N-dealkylation sites (tertiary alicyclic amines) is 1. The van der Waals surface area contributed by atoms with Crippen molar-refractivity contribution in [1.29, 1.82) is 0 Å². The zero-order chi connectivity index (χ0) is 21.6. The third kappa shape index (κ3) is 3.56. The molecule has 5 atom stereocenters. The van der Waals surface area contributed by atoms with Gasteiger partial charge in [-0.3, -0.25) is 4.79 Å². The third-order valence-electron chi connectivity index (χ3n) is 7.53. The van der Waals surface area contributed by atoms with Crippen molar-refractivity contribution >= 4 is 16.9 Å². The molecule has 0 radical (unpaired) electrons. The van der Waals surface area contributed by atoms with Crippen LogP contribution in [0.15, 0.2) is 24.4 Å². The minimum Gasteiger partial charge on any atom is -0.460 e. The maximum absolute atomic E-state index is 12.8. The molecule has 1 aliphatic heterocycles. The molecule has 5 heteroatoms. The molecule has 1 N–H and O–H groups in total. The van der Waals surface area contributed by atoms with Crippen LogP contribution in [0.5, 0.6) is 0 Å². The van der Waals surface area contributed by atoms with Crippen LogP contribution >= 0.6 is 0 Å². The van der Waals surface area contributed by atoms with Gasteiger partial charge in [0.05, 0.1) is 12.0 Å². The highest BCUT2D eigenvalue weighted by Crippen LogP contribution is 2.46. The topological polar surface area (TPSA) is 54.7 Å². The Hall–Kier alpha value is -1.85. The van der Waals surface area contributed by atoms with E-state index in [1.54, 1.807) is 13.8 Å². The van der Waals surface area contributed by atoms with Gasteiger partial charge in [-0.1, -0.05) is 26.0 Å². The molecule has 5 unspecified atom stereocenters. The smallest absolute Gasteiger partial charge is 0.310 e. The number of carbonyl (C=O) groups is 1. The molecular formula is C25H36N2O3. The summed E-state index contributed by atoms with van der Waals surface area (Å²) in [7, 11) is 2.14. The molecule has 0 bridgehead atoms. The number of carbonyl (C=O) groups excluding carboxylic acids is 1. The maximum Gasteiger partial charge on any atom is 0.310 e. The van der Waals surface area contributed by atoms with Gasteiger partial charge < -0.3 is 19.3 Å². The molecule has 2 aromatic rings. The molecule has 4 rings (SSSR count). The van der Waals surface area contributed by atoms with Gasteiger partial charge in [-0.05, 0) is 63.8 Å². The molecule has 1 aromatic carbocycles. The van der Waals surface area contributed by atoms with Crippen LogP contribution in [0.1, 0.15) is 70.0 Å². The van der Waals surface area contributed by atoms with Crippen LogP contribution in [0.4, 0.5) is 0 Å². The second kappa shape index (κ2) is 8.35. The van der Waals surface area contributed by atoms with Crippen LogP contribution in [0.3, 0.4) is 0 Å². The number of aliphatic hydroxyl groups excluding tert-OH is 1. The van der Waals surface area contributed by atoms with E-state index in [0.717, 1.165) is 25.7 Å². The fourth-order valence-corrected chi connectivity index (χ4v) is 5.61. The first-order chi connectivity index (χ1) is 14.3. The number of aromatic nitrogens is 1. The molecule has 0 spiro atoms.